The van der Waals surface area contributed by atoms with Gasteiger partial charge in [-0.3, -0.25) is 9.69 Å². The molecule has 0 radical (unpaired) electrons. The number of carbonyl (C=O) groups excluding carboxylic acids is 1. The molecule has 1 aromatic heterocycles. The van der Waals surface area contributed by atoms with Gasteiger partial charge in [0.05, 0.1) is 6.10 Å². The SMILES string of the molecule is Cn1nnc(CN2C[C@@H](CC(N)=O)[C@H](O)C2)c1C(F)(F)F. The molecular formula is C11H16F3N5O2. The summed E-state index contributed by atoms with van der Waals surface area (Å²) in [6, 6.07) is 0. The van der Waals surface area contributed by atoms with Gasteiger partial charge in [-0.15, -0.1) is 5.10 Å². The number of halogens is 3. The van der Waals surface area contributed by atoms with Crippen molar-refractivity contribution in [3.05, 3.63) is 11.4 Å². The van der Waals surface area contributed by atoms with E-state index in [1.807, 2.05) is 0 Å². The predicted molar refractivity (Wildman–Crippen MR) is 64.6 cm³/mol. The van der Waals surface area contributed by atoms with Crippen molar-refractivity contribution in [2.45, 2.75) is 25.2 Å². The Kier molecular flexibility index (Phi) is 4.19. The van der Waals surface area contributed by atoms with Gasteiger partial charge in [-0.2, -0.15) is 13.2 Å². The number of β-amino-alcohol motifs (C(OH)–C–C–N with tert-alkyl or cyclic N) is 1. The molecule has 3 N–H and O–H groups in total. The highest BCUT2D eigenvalue weighted by molar-refractivity contribution is 5.74. The Bertz CT molecular complexity index is 530. The number of carbonyl (C=O) groups is 1. The Morgan fingerprint density at radius 3 is 2.71 bits per heavy atom. The van der Waals surface area contributed by atoms with Crippen molar-refractivity contribution in [3.63, 3.8) is 0 Å². The van der Waals surface area contributed by atoms with E-state index >= 15 is 0 Å². The minimum Gasteiger partial charge on any atom is -0.391 e. The van der Waals surface area contributed by atoms with Gasteiger partial charge in [0.2, 0.25) is 5.91 Å². The maximum Gasteiger partial charge on any atom is 0.434 e. The number of aliphatic hydroxyl groups excluding tert-OH is 1. The molecule has 0 unspecified atom stereocenters. The van der Waals surface area contributed by atoms with Crippen molar-refractivity contribution in [1.29, 1.82) is 0 Å². The van der Waals surface area contributed by atoms with Crippen LogP contribution >= 0.6 is 0 Å². The summed E-state index contributed by atoms with van der Waals surface area (Å²) in [7, 11) is 1.17. The quantitative estimate of drug-likeness (QED) is 0.782. The molecule has 1 amide bonds. The normalized spacial score (nSPS) is 23.7. The third-order valence-electron chi connectivity index (χ3n) is 3.48. The number of rotatable bonds is 4. The second-order valence-corrected chi connectivity index (χ2v) is 5.20. The third kappa shape index (κ3) is 3.50. The minimum atomic E-state index is -4.54. The van der Waals surface area contributed by atoms with Crippen molar-refractivity contribution in [3.8, 4) is 0 Å². The van der Waals surface area contributed by atoms with Crippen molar-refractivity contribution in [2.75, 3.05) is 13.1 Å². The molecule has 0 saturated carbocycles. The Morgan fingerprint density at radius 1 is 1.48 bits per heavy atom. The lowest BCUT2D eigenvalue weighted by Crippen LogP contribution is -2.24. The second-order valence-electron chi connectivity index (χ2n) is 5.20. The second kappa shape index (κ2) is 5.60. The number of aromatic nitrogens is 3. The molecule has 0 aromatic carbocycles. The first kappa shape index (κ1) is 15.7. The molecule has 1 aliphatic rings. The zero-order valence-electron chi connectivity index (χ0n) is 11.3. The van der Waals surface area contributed by atoms with Gasteiger partial charge in [-0.25, -0.2) is 4.68 Å². The molecule has 10 heteroatoms. The van der Waals surface area contributed by atoms with Crippen molar-refractivity contribution < 1.29 is 23.1 Å². The van der Waals surface area contributed by atoms with Crippen LogP contribution in [0.4, 0.5) is 13.2 Å². The van der Waals surface area contributed by atoms with Crippen LogP contribution in [-0.4, -0.2) is 50.1 Å². The largest absolute Gasteiger partial charge is 0.434 e. The van der Waals surface area contributed by atoms with Gasteiger partial charge in [0.15, 0.2) is 5.69 Å². The van der Waals surface area contributed by atoms with Gasteiger partial charge in [0, 0.05) is 39.0 Å². The zero-order valence-corrected chi connectivity index (χ0v) is 11.3. The number of hydrogen-bond acceptors (Lipinski definition) is 5. The maximum absolute atomic E-state index is 12.9. The number of hydrogen-bond donors (Lipinski definition) is 2. The first-order chi connectivity index (χ1) is 9.68. The molecular weight excluding hydrogens is 291 g/mol. The molecule has 0 bridgehead atoms. The average molecular weight is 307 g/mol. The summed E-state index contributed by atoms with van der Waals surface area (Å²) in [4.78, 5) is 12.5. The van der Waals surface area contributed by atoms with E-state index in [1.54, 1.807) is 4.90 Å². The van der Waals surface area contributed by atoms with Crippen LogP contribution in [0.5, 0.6) is 0 Å². The molecule has 118 valence electrons. The fourth-order valence-electron chi connectivity index (χ4n) is 2.59. The number of nitrogens with zero attached hydrogens (tertiary/aromatic N) is 4. The summed E-state index contributed by atoms with van der Waals surface area (Å²) < 4.78 is 39.4. The minimum absolute atomic E-state index is 0.00423. The van der Waals surface area contributed by atoms with E-state index in [2.05, 4.69) is 10.3 Å². The summed E-state index contributed by atoms with van der Waals surface area (Å²) >= 11 is 0. The summed E-state index contributed by atoms with van der Waals surface area (Å²) in [6.45, 7) is 0.374. The number of aryl methyl sites for hydroxylation is 1. The van der Waals surface area contributed by atoms with Crippen molar-refractivity contribution in [2.24, 2.45) is 18.7 Å². The first-order valence-electron chi connectivity index (χ1n) is 6.33. The van der Waals surface area contributed by atoms with E-state index in [0.29, 0.717) is 4.68 Å². The summed E-state index contributed by atoms with van der Waals surface area (Å²) in [6.07, 6.45) is -5.33. The van der Waals surface area contributed by atoms with Gasteiger partial charge in [-0.1, -0.05) is 5.21 Å². The highest BCUT2D eigenvalue weighted by atomic mass is 19.4. The maximum atomic E-state index is 12.9. The van der Waals surface area contributed by atoms with E-state index in [-0.39, 0.29) is 37.7 Å². The lowest BCUT2D eigenvalue weighted by molar-refractivity contribution is -0.144. The number of alkyl halides is 3. The monoisotopic (exact) mass is 307 g/mol. The molecule has 0 spiro atoms. The lowest BCUT2D eigenvalue weighted by atomic mass is 10.0. The Morgan fingerprint density at radius 2 is 2.14 bits per heavy atom. The molecule has 1 aliphatic heterocycles. The molecule has 1 saturated heterocycles. The van der Waals surface area contributed by atoms with Crippen LogP contribution in [0.3, 0.4) is 0 Å². The van der Waals surface area contributed by atoms with E-state index in [0.717, 1.165) is 0 Å². The predicted octanol–water partition coefficient (Wildman–Crippen LogP) is -0.498. The topological polar surface area (TPSA) is 97.3 Å². The van der Waals surface area contributed by atoms with E-state index < -0.39 is 23.9 Å². The standard InChI is InChI=1S/C11H16F3N5O2/c1-18-10(11(12,13)14)7(16-17-18)4-19-3-6(2-9(15)21)8(20)5-19/h6,8,20H,2-5H2,1H3,(H2,15,21)/t6-,8-/m1/s1. The van der Waals surface area contributed by atoms with E-state index in [1.165, 1.54) is 7.05 Å². The highest BCUT2D eigenvalue weighted by Gasteiger charge is 2.40. The third-order valence-corrected chi connectivity index (χ3v) is 3.48. The molecule has 2 atom stereocenters. The van der Waals surface area contributed by atoms with Crippen LogP contribution in [0, 0.1) is 5.92 Å². The number of amides is 1. The Labute approximate surface area is 118 Å². The van der Waals surface area contributed by atoms with Gasteiger partial charge in [0.25, 0.3) is 0 Å². The van der Waals surface area contributed by atoms with Crippen molar-refractivity contribution >= 4 is 5.91 Å². The van der Waals surface area contributed by atoms with Gasteiger partial charge >= 0.3 is 6.18 Å². The number of likely N-dealkylation sites (tertiary alicyclic amines) is 1. The van der Waals surface area contributed by atoms with E-state index in [4.69, 9.17) is 5.73 Å². The van der Waals surface area contributed by atoms with Gasteiger partial charge in [-0.05, 0) is 0 Å². The Hall–Kier alpha value is -1.68. The van der Waals surface area contributed by atoms with Crippen LogP contribution in [0.15, 0.2) is 0 Å². The summed E-state index contributed by atoms with van der Waals surface area (Å²) in [5.41, 5.74) is 3.97. The van der Waals surface area contributed by atoms with Crippen molar-refractivity contribution in [1.82, 2.24) is 19.9 Å². The van der Waals surface area contributed by atoms with Crippen LogP contribution in [0.25, 0.3) is 0 Å². The summed E-state index contributed by atoms with van der Waals surface area (Å²) in [5.74, 6) is -0.912. The van der Waals surface area contributed by atoms with Crippen LogP contribution in [0.2, 0.25) is 0 Å². The molecule has 1 fully saturated rings. The van der Waals surface area contributed by atoms with Crippen LogP contribution in [-0.2, 0) is 24.6 Å². The molecule has 2 heterocycles. The molecule has 2 rings (SSSR count). The fourth-order valence-corrected chi connectivity index (χ4v) is 2.59. The highest BCUT2D eigenvalue weighted by Crippen LogP contribution is 2.32. The summed E-state index contributed by atoms with van der Waals surface area (Å²) in [5, 5.41) is 16.7. The zero-order chi connectivity index (χ0) is 15.8. The molecule has 7 nitrogen and oxygen atoms in total. The lowest BCUT2D eigenvalue weighted by Gasteiger charge is -2.15. The first-order valence-corrected chi connectivity index (χ1v) is 6.33. The molecule has 1 aromatic rings. The molecule has 0 aliphatic carbocycles. The van der Waals surface area contributed by atoms with Crippen LogP contribution in [0.1, 0.15) is 17.8 Å². The number of primary amides is 1. The van der Waals surface area contributed by atoms with E-state index in [9.17, 15) is 23.1 Å². The smallest absolute Gasteiger partial charge is 0.391 e. The van der Waals surface area contributed by atoms with Crippen LogP contribution < -0.4 is 5.73 Å². The molecule has 21 heavy (non-hydrogen) atoms. The van der Waals surface area contributed by atoms with Gasteiger partial charge in [0.1, 0.15) is 5.69 Å². The fraction of sp³-hybridized carbons (Fsp3) is 0.727. The number of nitrogens with two attached hydrogens (primary N) is 1. The van der Waals surface area contributed by atoms with Gasteiger partial charge < -0.3 is 10.8 Å². The Balaban J connectivity index is 2.09. The number of aliphatic hydroxyl groups is 1. The average Bonchev–Trinajstić information content (AvgIpc) is 2.82.